The van der Waals surface area contributed by atoms with Crippen molar-refractivity contribution in [3.8, 4) is 17.4 Å². The number of methoxy groups -OCH3 is 1. The summed E-state index contributed by atoms with van der Waals surface area (Å²) in [6, 6.07) is 1.63. The topological polar surface area (TPSA) is 99.7 Å². The number of rotatable bonds is 2. The van der Waals surface area contributed by atoms with Crippen LogP contribution >= 0.6 is 0 Å². The minimum atomic E-state index is 0.167. The Morgan fingerprint density at radius 2 is 2.00 bits per heavy atom. The summed E-state index contributed by atoms with van der Waals surface area (Å²) in [5, 5.41) is 0. The highest BCUT2D eigenvalue weighted by Crippen LogP contribution is 2.15. The van der Waals surface area contributed by atoms with Crippen molar-refractivity contribution in [2.45, 2.75) is 6.92 Å². The molecule has 82 valence electrons. The number of ether oxygens (including phenoxy) is 1. The second-order valence-electron chi connectivity index (χ2n) is 3.01. The van der Waals surface area contributed by atoms with Crippen LogP contribution in [0.3, 0.4) is 0 Å². The van der Waals surface area contributed by atoms with Gasteiger partial charge in [-0.05, 0) is 6.92 Å². The molecule has 0 radical (unpaired) electrons. The van der Waals surface area contributed by atoms with Gasteiger partial charge in [0.05, 0.1) is 7.11 Å². The zero-order valence-corrected chi connectivity index (χ0v) is 8.88. The molecule has 2 rings (SSSR count). The van der Waals surface area contributed by atoms with Crippen molar-refractivity contribution in [2.24, 2.45) is 0 Å². The van der Waals surface area contributed by atoms with Gasteiger partial charge in [-0.3, -0.25) is 0 Å². The molecule has 0 aliphatic rings. The van der Waals surface area contributed by atoms with Gasteiger partial charge in [-0.2, -0.15) is 9.97 Å². The third-order valence-corrected chi connectivity index (χ3v) is 1.84. The summed E-state index contributed by atoms with van der Waals surface area (Å²) in [6.45, 7) is 1.74. The lowest BCUT2D eigenvalue weighted by atomic mass is 10.4. The highest BCUT2D eigenvalue weighted by molar-refractivity contribution is 5.51. The van der Waals surface area contributed by atoms with Crippen LogP contribution in [0.1, 0.15) is 5.82 Å². The first-order chi connectivity index (χ1) is 7.69. The van der Waals surface area contributed by atoms with E-state index in [1.807, 2.05) is 0 Å². The third kappa shape index (κ3) is 2.02. The Morgan fingerprint density at radius 3 is 2.69 bits per heavy atom. The average Bonchev–Trinajstić information content (AvgIpc) is 2.28. The summed E-state index contributed by atoms with van der Waals surface area (Å²) in [6.07, 6.45) is 1.38. The molecule has 0 aliphatic carbocycles. The standard InChI is InChI=1S/C9H10N6O/c1-5-13-8(15-9(10)14-5)6-3-7(16-2)12-4-11-6/h3-4H,1-2H3,(H2,10,13,14,15). The van der Waals surface area contributed by atoms with Crippen molar-refractivity contribution >= 4 is 5.95 Å². The molecule has 0 atom stereocenters. The number of hydrogen-bond donors (Lipinski definition) is 1. The quantitative estimate of drug-likeness (QED) is 0.769. The monoisotopic (exact) mass is 218 g/mol. The molecular weight excluding hydrogens is 208 g/mol. The van der Waals surface area contributed by atoms with Gasteiger partial charge in [-0.1, -0.05) is 0 Å². The Morgan fingerprint density at radius 1 is 1.19 bits per heavy atom. The van der Waals surface area contributed by atoms with Crippen molar-refractivity contribution in [1.29, 1.82) is 0 Å². The zero-order chi connectivity index (χ0) is 11.5. The first-order valence-electron chi connectivity index (χ1n) is 4.53. The molecule has 2 N–H and O–H groups in total. The number of nitrogens with two attached hydrogens (primary N) is 1. The predicted octanol–water partition coefficient (Wildman–Crippen LogP) is 0.228. The van der Waals surface area contributed by atoms with E-state index in [2.05, 4.69) is 24.9 Å². The molecule has 2 aromatic heterocycles. The van der Waals surface area contributed by atoms with E-state index < -0.39 is 0 Å². The minimum absolute atomic E-state index is 0.167. The normalized spacial score (nSPS) is 10.1. The Hall–Kier alpha value is -2.31. The van der Waals surface area contributed by atoms with Gasteiger partial charge in [0.2, 0.25) is 11.8 Å². The van der Waals surface area contributed by atoms with Gasteiger partial charge >= 0.3 is 0 Å². The Kier molecular flexibility index (Phi) is 2.59. The fraction of sp³-hybridized carbons (Fsp3) is 0.222. The number of anilines is 1. The number of aromatic nitrogens is 5. The summed E-state index contributed by atoms with van der Waals surface area (Å²) in [7, 11) is 1.53. The molecule has 0 saturated heterocycles. The van der Waals surface area contributed by atoms with Crippen molar-refractivity contribution in [2.75, 3.05) is 12.8 Å². The van der Waals surface area contributed by atoms with Crippen LogP contribution in [0.25, 0.3) is 11.5 Å². The molecule has 0 spiro atoms. The average molecular weight is 218 g/mol. The van der Waals surface area contributed by atoms with Gasteiger partial charge < -0.3 is 10.5 Å². The van der Waals surface area contributed by atoms with Crippen LogP contribution in [-0.4, -0.2) is 32.0 Å². The fourth-order valence-corrected chi connectivity index (χ4v) is 1.19. The number of hydrogen-bond acceptors (Lipinski definition) is 7. The van der Waals surface area contributed by atoms with Gasteiger partial charge in [0.15, 0.2) is 5.82 Å². The molecule has 0 unspecified atom stereocenters. The maximum Gasteiger partial charge on any atom is 0.223 e. The molecule has 7 heteroatoms. The lowest BCUT2D eigenvalue weighted by Crippen LogP contribution is -2.03. The van der Waals surface area contributed by atoms with Crippen molar-refractivity contribution in [3.63, 3.8) is 0 Å². The van der Waals surface area contributed by atoms with E-state index in [0.29, 0.717) is 23.2 Å². The minimum Gasteiger partial charge on any atom is -0.481 e. The van der Waals surface area contributed by atoms with Crippen LogP contribution < -0.4 is 10.5 Å². The van der Waals surface area contributed by atoms with Crippen LogP contribution in [0.4, 0.5) is 5.95 Å². The molecule has 7 nitrogen and oxygen atoms in total. The zero-order valence-electron chi connectivity index (χ0n) is 8.88. The van der Waals surface area contributed by atoms with E-state index in [4.69, 9.17) is 10.5 Å². The van der Waals surface area contributed by atoms with Crippen molar-refractivity contribution in [3.05, 3.63) is 18.2 Å². The van der Waals surface area contributed by atoms with Gasteiger partial charge in [0.1, 0.15) is 17.8 Å². The Labute approximate surface area is 91.8 Å². The summed E-state index contributed by atoms with van der Waals surface area (Å²) in [4.78, 5) is 19.9. The molecule has 0 fully saturated rings. The van der Waals surface area contributed by atoms with Gasteiger partial charge in [-0.15, -0.1) is 0 Å². The summed E-state index contributed by atoms with van der Waals surface area (Å²) in [5.74, 6) is 1.56. The molecule has 16 heavy (non-hydrogen) atoms. The van der Waals surface area contributed by atoms with Crippen LogP contribution in [-0.2, 0) is 0 Å². The van der Waals surface area contributed by atoms with E-state index in [9.17, 15) is 0 Å². The number of nitrogen functional groups attached to an aromatic ring is 1. The van der Waals surface area contributed by atoms with Gasteiger partial charge in [0, 0.05) is 6.07 Å². The van der Waals surface area contributed by atoms with E-state index in [0.717, 1.165) is 0 Å². The Balaban J connectivity index is 2.49. The second-order valence-corrected chi connectivity index (χ2v) is 3.01. The maximum absolute atomic E-state index is 5.53. The second kappa shape index (κ2) is 4.05. The third-order valence-electron chi connectivity index (χ3n) is 1.84. The molecule has 0 bridgehead atoms. The fourth-order valence-electron chi connectivity index (χ4n) is 1.19. The Bertz CT molecular complexity index is 495. The predicted molar refractivity (Wildman–Crippen MR) is 56.6 cm³/mol. The first kappa shape index (κ1) is 10.2. The summed E-state index contributed by atoms with van der Waals surface area (Å²) >= 11 is 0. The van der Waals surface area contributed by atoms with E-state index >= 15 is 0 Å². The molecule has 0 saturated carbocycles. The summed E-state index contributed by atoms with van der Waals surface area (Å²) in [5.41, 5.74) is 6.08. The molecule has 2 heterocycles. The smallest absolute Gasteiger partial charge is 0.223 e. The SMILES string of the molecule is COc1cc(-c2nc(C)nc(N)n2)ncn1. The highest BCUT2D eigenvalue weighted by Gasteiger charge is 2.07. The molecule has 0 aromatic carbocycles. The maximum atomic E-state index is 5.53. The molecule has 0 amide bonds. The van der Waals surface area contributed by atoms with E-state index in [1.165, 1.54) is 13.4 Å². The van der Waals surface area contributed by atoms with Gasteiger partial charge in [-0.25, -0.2) is 15.0 Å². The largest absolute Gasteiger partial charge is 0.481 e. The number of aryl methyl sites for hydroxylation is 1. The lowest BCUT2D eigenvalue weighted by Gasteiger charge is -2.02. The molecular formula is C9H10N6O. The lowest BCUT2D eigenvalue weighted by molar-refractivity contribution is 0.397. The number of nitrogens with zero attached hydrogens (tertiary/aromatic N) is 5. The van der Waals surface area contributed by atoms with E-state index in [-0.39, 0.29) is 5.95 Å². The van der Waals surface area contributed by atoms with Crippen LogP contribution in [0.5, 0.6) is 5.88 Å². The van der Waals surface area contributed by atoms with Crippen LogP contribution in [0.2, 0.25) is 0 Å². The first-order valence-corrected chi connectivity index (χ1v) is 4.53. The highest BCUT2D eigenvalue weighted by atomic mass is 16.5. The van der Waals surface area contributed by atoms with Crippen molar-refractivity contribution in [1.82, 2.24) is 24.9 Å². The van der Waals surface area contributed by atoms with Crippen LogP contribution in [0, 0.1) is 6.92 Å². The molecule has 0 aliphatic heterocycles. The summed E-state index contributed by atoms with van der Waals surface area (Å²) < 4.78 is 4.98. The van der Waals surface area contributed by atoms with Crippen molar-refractivity contribution < 1.29 is 4.74 Å². The molecule has 2 aromatic rings. The van der Waals surface area contributed by atoms with Crippen LogP contribution in [0.15, 0.2) is 12.4 Å². The van der Waals surface area contributed by atoms with E-state index in [1.54, 1.807) is 13.0 Å². The van der Waals surface area contributed by atoms with Gasteiger partial charge in [0.25, 0.3) is 0 Å².